The maximum Gasteiger partial charge on any atom is 0.341 e. The summed E-state index contributed by atoms with van der Waals surface area (Å²) >= 11 is 0. The number of nitrogens with two attached hydrogens (primary N) is 1. The van der Waals surface area contributed by atoms with Crippen molar-refractivity contribution in [2.24, 2.45) is 5.73 Å². The number of carbonyl (C=O) groups is 2. The average molecular weight is 294 g/mol. The summed E-state index contributed by atoms with van der Waals surface area (Å²) in [6.45, 7) is -0.0792. The minimum atomic E-state index is -1.08. The van der Waals surface area contributed by atoms with Crippen molar-refractivity contribution in [3.8, 4) is 5.75 Å². The lowest BCUT2D eigenvalue weighted by Gasteiger charge is -2.15. The van der Waals surface area contributed by atoms with Crippen molar-refractivity contribution in [2.75, 3.05) is 18.5 Å². The molecule has 0 radical (unpaired) electrons. The number of aliphatic carboxylic acids is 1. The number of nitrogens with one attached hydrogen (secondary N) is 1. The minimum absolute atomic E-state index is 0.0840. The van der Waals surface area contributed by atoms with E-state index >= 15 is 0 Å². The molecule has 2 atom stereocenters. The predicted octanol–water partition coefficient (Wildman–Crippen LogP) is 0.595. The Hall–Kier alpha value is -2.12. The van der Waals surface area contributed by atoms with Gasteiger partial charge in [-0.2, -0.15) is 0 Å². The zero-order valence-electron chi connectivity index (χ0n) is 11.5. The zero-order chi connectivity index (χ0) is 15.2. The number of ether oxygens (including phenoxy) is 2. The first-order valence-electron chi connectivity index (χ1n) is 6.70. The van der Waals surface area contributed by atoms with Crippen molar-refractivity contribution in [1.82, 2.24) is 0 Å². The molecule has 7 heteroatoms. The smallest absolute Gasteiger partial charge is 0.341 e. The molecule has 7 nitrogen and oxygen atoms in total. The summed E-state index contributed by atoms with van der Waals surface area (Å²) in [6.07, 6.45) is 0.753. The third-order valence-electron chi connectivity index (χ3n) is 3.16. The van der Waals surface area contributed by atoms with Crippen LogP contribution in [0.4, 0.5) is 5.69 Å². The van der Waals surface area contributed by atoms with Gasteiger partial charge in [0.2, 0.25) is 0 Å². The molecule has 114 valence electrons. The quantitative estimate of drug-likeness (QED) is 0.708. The van der Waals surface area contributed by atoms with Crippen molar-refractivity contribution in [3.05, 3.63) is 24.3 Å². The summed E-state index contributed by atoms with van der Waals surface area (Å²) < 4.78 is 10.6. The van der Waals surface area contributed by atoms with Crippen molar-refractivity contribution >= 4 is 17.6 Å². The van der Waals surface area contributed by atoms with Gasteiger partial charge in [0.1, 0.15) is 11.9 Å². The molecule has 1 aliphatic heterocycles. The number of carbonyl (C=O) groups excluding carboxylic acids is 1. The first-order chi connectivity index (χ1) is 10.1. The molecule has 1 aliphatic rings. The number of carboxylic acid groups (broad SMARTS) is 1. The Morgan fingerprint density at radius 3 is 2.81 bits per heavy atom. The SMILES string of the molecule is NCC1CCC(C(=O)Nc2ccccc2OCC(=O)O)O1. The van der Waals surface area contributed by atoms with E-state index in [1.807, 2.05) is 0 Å². The molecule has 1 heterocycles. The van der Waals surface area contributed by atoms with Crippen molar-refractivity contribution in [1.29, 1.82) is 0 Å². The summed E-state index contributed by atoms with van der Waals surface area (Å²) in [7, 11) is 0. The van der Waals surface area contributed by atoms with E-state index in [0.29, 0.717) is 24.4 Å². The first-order valence-corrected chi connectivity index (χ1v) is 6.70. The molecule has 1 fully saturated rings. The number of benzene rings is 1. The molecular formula is C14H18N2O5. The normalized spacial score (nSPS) is 21.0. The molecule has 2 unspecified atom stereocenters. The Morgan fingerprint density at radius 2 is 2.14 bits per heavy atom. The number of carboxylic acids is 1. The number of amides is 1. The second kappa shape index (κ2) is 7.05. The molecule has 0 bridgehead atoms. The second-order valence-electron chi connectivity index (χ2n) is 4.73. The highest BCUT2D eigenvalue weighted by Crippen LogP contribution is 2.26. The number of hydrogen-bond donors (Lipinski definition) is 3. The number of rotatable bonds is 6. The Bertz CT molecular complexity index is 520. The topological polar surface area (TPSA) is 111 Å². The van der Waals surface area contributed by atoms with Crippen LogP contribution in [0.25, 0.3) is 0 Å². The maximum atomic E-state index is 12.1. The Balaban J connectivity index is 1.99. The van der Waals surface area contributed by atoms with Gasteiger partial charge in [-0.15, -0.1) is 0 Å². The molecule has 0 aromatic heterocycles. The van der Waals surface area contributed by atoms with Crippen LogP contribution in [-0.4, -0.2) is 42.3 Å². The molecule has 1 saturated heterocycles. The number of para-hydroxylation sites is 2. The molecular weight excluding hydrogens is 276 g/mol. The Labute approximate surface area is 122 Å². The summed E-state index contributed by atoms with van der Waals surface area (Å²) in [5, 5.41) is 11.3. The zero-order valence-corrected chi connectivity index (χ0v) is 11.5. The lowest BCUT2D eigenvalue weighted by molar-refractivity contribution is -0.139. The van der Waals surface area contributed by atoms with Crippen LogP contribution in [0, 0.1) is 0 Å². The molecule has 1 aromatic carbocycles. The number of hydrogen-bond acceptors (Lipinski definition) is 5. The van der Waals surface area contributed by atoms with E-state index in [1.54, 1.807) is 24.3 Å². The van der Waals surface area contributed by atoms with E-state index in [1.165, 1.54) is 0 Å². The monoisotopic (exact) mass is 294 g/mol. The van der Waals surface area contributed by atoms with Gasteiger partial charge in [-0.05, 0) is 25.0 Å². The van der Waals surface area contributed by atoms with E-state index < -0.39 is 18.7 Å². The fourth-order valence-corrected chi connectivity index (χ4v) is 2.12. The fraction of sp³-hybridized carbons (Fsp3) is 0.429. The van der Waals surface area contributed by atoms with Crippen LogP contribution < -0.4 is 15.8 Å². The van der Waals surface area contributed by atoms with Gasteiger partial charge in [-0.3, -0.25) is 4.79 Å². The molecule has 4 N–H and O–H groups in total. The van der Waals surface area contributed by atoms with Gasteiger partial charge < -0.3 is 25.6 Å². The molecule has 0 aliphatic carbocycles. The van der Waals surface area contributed by atoms with Crippen LogP contribution in [-0.2, 0) is 14.3 Å². The van der Waals surface area contributed by atoms with Gasteiger partial charge in [0.05, 0.1) is 11.8 Å². The van der Waals surface area contributed by atoms with E-state index in [0.717, 1.165) is 6.42 Å². The van der Waals surface area contributed by atoms with E-state index in [-0.39, 0.29) is 12.0 Å². The summed E-state index contributed by atoms with van der Waals surface area (Å²) in [5.74, 6) is -1.06. The molecule has 2 rings (SSSR count). The van der Waals surface area contributed by atoms with Gasteiger partial charge in [0.15, 0.2) is 6.61 Å². The standard InChI is InChI=1S/C14H18N2O5/c15-7-9-5-6-12(21-9)14(19)16-10-3-1-2-4-11(10)20-8-13(17)18/h1-4,9,12H,5-8,15H2,(H,16,19)(H,17,18). The van der Waals surface area contributed by atoms with Crippen molar-refractivity contribution < 1.29 is 24.2 Å². The summed E-state index contributed by atoms with van der Waals surface area (Å²) in [4.78, 5) is 22.7. The van der Waals surface area contributed by atoms with Crippen molar-refractivity contribution in [2.45, 2.75) is 25.0 Å². The van der Waals surface area contributed by atoms with Gasteiger partial charge in [-0.25, -0.2) is 4.79 Å². The van der Waals surface area contributed by atoms with Gasteiger partial charge in [0, 0.05) is 6.54 Å². The molecule has 1 amide bonds. The van der Waals surface area contributed by atoms with Gasteiger partial charge >= 0.3 is 5.97 Å². The van der Waals surface area contributed by atoms with Crippen molar-refractivity contribution in [3.63, 3.8) is 0 Å². The minimum Gasteiger partial charge on any atom is -0.480 e. The molecule has 21 heavy (non-hydrogen) atoms. The Morgan fingerprint density at radius 1 is 1.38 bits per heavy atom. The van der Waals surface area contributed by atoms with Crippen LogP contribution in [0.3, 0.4) is 0 Å². The summed E-state index contributed by atoms with van der Waals surface area (Å²) in [6, 6.07) is 6.66. The van der Waals surface area contributed by atoms with E-state index in [9.17, 15) is 9.59 Å². The molecule has 0 spiro atoms. The first kappa shape index (κ1) is 15.3. The van der Waals surface area contributed by atoms with E-state index in [4.69, 9.17) is 20.3 Å². The van der Waals surface area contributed by atoms with Crippen LogP contribution in [0.2, 0.25) is 0 Å². The maximum absolute atomic E-state index is 12.1. The fourth-order valence-electron chi connectivity index (χ4n) is 2.12. The third kappa shape index (κ3) is 4.17. The van der Waals surface area contributed by atoms with Crippen LogP contribution in [0.5, 0.6) is 5.75 Å². The second-order valence-corrected chi connectivity index (χ2v) is 4.73. The predicted molar refractivity (Wildman–Crippen MR) is 75.2 cm³/mol. The average Bonchev–Trinajstić information content (AvgIpc) is 2.95. The largest absolute Gasteiger partial charge is 0.480 e. The lowest BCUT2D eigenvalue weighted by atomic mass is 10.2. The van der Waals surface area contributed by atoms with Gasteiger partial charge in [-0.1, -0.05) is 12.1 Å². The molecule has 1 aromatic rings. The lowest BCUT2D eigenvalue weighted by Crippen LogP contribution is -2.30. The van der Waals surface area contributed by atoms with Crippen LogP contribution >= 0.6 is 0 Å². The summed E-state index contributed by atoms with van der Waals surface area (Å²) in [5.41, 5.74) is 5.93. The number of anilines is 1. The van der Waals surface area contributed by atoms with Crippen LogP contribution in [0.1, 0.15) is 12.8 Å². The highest BCUT2D eigenvalue weighted by atomic mass is 16.5. The Kier molecular flexibility index (Phi) is 5.13. The van der Waals surface area contributed by atoms with Crippen LogP contribution in [0.15, 0.2) is 24.3 Å². The third-order valence-corrected chi connectivity index (χ3v) is 3.16. The highest BCUT2D eigenvalue weighted by molar-refractivity contribution is 5.95. The van der Waals surface area contributed by atoms with E-state index in [2.05, 4.69) is 5.32 Å². The van der Waals surface area contributed by atoms with Gasteiger partial charge in [0.25, 0.3) is 5.91 Å². The highest BCUT2D eigenvalue weighted by Gasteiger charge is 2.30. The molecule has 0 saturated carbocycles.